The zero-order valence-corrected chi connectivity index (χ0v) is 33.6. The molecule has 0 saturated heterocycles. The van der Waals surface area contributed by atoms with E-state index in [1.54, 1.807) is 32.7 Å². The van der Waals surface area contributed by atoms with Crippen molar-refractivity contribution in [1.29, 1.82) is 0 Å². The van der Waals surface area contributed by atoms with E-state index in [2.05, 4.69) is 189 Å². The summed E-state index contributed by atoms with van der Waals surface area (Å²) in [5.74, 6) is 0. The fraction of sp³-hybridized carbons (Fsp3) is 0.391. The second-order valence-corrected chi connectivity index (χ2v) is 21.8. The van der Waals surface area contributed by atoms with Gasteiger partial charge in [0.05, 0.1) is 0 Å². The Hall–Kier alpha value is -2.23. The summed E-state index contributed by atoms with van der Waals surface area (Å²) in [4.78, 5) is 0. The van der Waals surface area contributed by atoms with Crippen LogP contribution in [0.3, 0.4) is 0 Å². The van der Waals surface area contributed by atoms with E-state index in [-0.39, 0.29) is 10.8 Å². The monoisotopic (exact) mass is 648 g/mol. The molecule has 0 spiro atoms. The first kappa shape index (κ1) is 36.6. The fourth-order valence-corrected chi connectivity index (χ4v) is 13.5. The number of hydrogen-bond acceptors (Lipinski definition) is 0. The summed E-state index contributed by atoms with van der Waals surface area (Å²) in [6.07, 6.45) is 4.68. The van der Waals surface area contributed by atoms with Crippen molar-refractivity contribution in [2.75, 3.05) is 0 Å². The third-order valence-electron chi connectivity index (χ3n) is 11.7. The van der Waals surface area contributed by atoms with E-state index in [1.807, 2.05) is 0 Å². The molecule has 4 aromatic rings. The molecule has 0 bridgehead atoms. The zero-order chi connectivity index (χ0) is 35.5. The standard InChI is InChI=1S/C46H54Si.2Li/c1-11-15-35-29-33-17-13-19-39(31-21-25-37(26-22-31)45(3,4)5)41(33)43(35)47(9,10)44-36(16-12-2)30-34-18-14-20-40(42(34)44)32-23-27-38(28-24-32)46(6,7)8;;/h13-14,17-30H,11-12,15-16H2,1-10H3;;. The van der Waals surface area contributed by atoms with Gasteiger partial charge in [-0.2, -0.15) is 0 Å². The summed E-state index contributed by atoms with van der Waals surface area (Å²) in [5, 5.41) is 3.43. The fourth-order valence-electron chi connectivity index (χ4n) is 9.10. The van der Waals surface area contributed by atoms with Crippen molar-refractivity contribution >= 4 is 53.9 Å². The van der Waals surface area contributed by atoms with Gasteiger partial charge in [-0.05, 0) is 0 Å². The molecule has 244 valence electrons. The van der Waals surface area contributed by atoms with Crippen LogP contribution in [0.2, 0.25) is 13.1 Å². The van der Waals surface area contributed by atoms with Crippen LogP contribution in [-0.4, -0.2) is 43.5 Å². The van der Waals surface area contributed by atoms with Gasteiger partial charge in [0.2, 0.25) is 0 Å². The van der Waals surface area contributed by atoms with Gasteiger partial charge in [0.15, 0.2) is 0 Å². The molecule has 3 heteroatoms. The molecule has 2 aliphatic carbocycles. The molecule has 0 nitrogen and oxygen atoms in total. The van der Waals surface area contributed by atoms with Crippen molar-refractivity contribution in [3.05, 3.63) is 129 Å². The first-order valence-corrected chi connectivity index (χ1v) is 22.1. The quantitative estimate of drug-likeness (QED) is 0.167. The topological polar surface area (TPSA) is 0 Å². The first-order valence-electron chi connectivity index (χ1n) is 19.1. The maximum atomic E-state index is 2.70. The van der Waals surface area contributed by atoms with E-state index in [0.717, 1.165) is 0 Å². The number of hydrogen-bond donors (Lipinski definition) is 0. The molecule has 2 atom stereocenters. The summed E-state index contributed by atoms with van der Waals surface area (Å²) < 4.78 is 0.887. The Balaban J connectivity index is 1.60. The SMILES string of the molecule is [Li][CH]1C(CCC)=C([Si](C)(C)C2=C(CCC)[CH]([Li])c3cccc(-c4ccc(C(C)(C)C)cc4)c32)c2c(-c3ccc(C(C)(C)C)cc3)cccc21. The van der Waals surface area contributed by atoms with E-state index in [0.29, 0.717) is 9.18 Å². The van der Waals surface area contributed by atoms with E-state index < -0.39 is 8.07 Å². The Bertz CT molecular complexity index is 1780. The van der Waals surface area contributed by atoms with Crippen molar-refractivity contribution in [1.82, 2.24) is 0 Å². The third-order valence-corrected chi connectivity index (χ3v) is 15.4. The van der Waals surface area contributed by atoms with Gasteiger partial charge in [-0.15, -0.1) is 0 Å². The second kappa shape index (κ2) is 13.7. The van der Waals surface area contributed by atoms with Gasteiger partial charge in [-0.25, -0.2) is 0 Å². The summed E-state index contributed by atoms with van der Waals surface area (Å²) in [6, 6.07) is 33.3. The number of fused-ring (bicyclic) bond motifs is 2. The first-order chi connectivity index (χ1) is 23.1. The van der Waals surface area contributed by atoms with E-state index >= 15 is 0 Å². The van der Waals surface area contributed by atoms with E-state index in [4.69, 9.17) is 0 Å². The van der Waals surface area contributed by atoms with Crippen molar-refractivity contribution in [2.45, 2.75) is 114 Å². The van der Waals surface area contributed by atoms with Crippen molar-refractivity contribution in [3.63, 3.8) is 0 Å². The molecule has 6 rings (SSSR count). The van der Waals surface area contributed by atoms with Crippen LogP contribution < -0.4 is 0 Å². The molecule has 4 aromatic carbocycles. The molecule has 0 heterocycles. The normalized spacial score (nSPS) is 18.0. The predicted octanol–water partition coefficient (Wildman–Crippen LogP) is 12.7. The Morgan fingerprint density at radius 3 is 1.18 bits per heavy atom. The van der Waals surface area contributed by atoms with Gasteiger partial charge in [0.1, 0.15) is 0 Å². The van der Waals surface area contributed by atoms with Crippen LogP contribution in [0.5, 0.6) is 0 Å². The van der Waals surface area contributed by atoms with Crippen molar-refractivity contribution < 1.29 is 0 Å². The number of rotatable bonds is 8. The van der Waals surface area contributed by atoms with Gasteiger partial charge in [-0.1, -0.05) is 0 Å². The average molecular weight is 649 g/mol. The molecular weight excluding hydrogens is 594 g/mol. The van der Waals surface area contributed by atoms with Gasteiger partial charge in [0.25, 0.3) is 0 Å². The molecular formula is C46H54Li2Si. The van der Waals surface area contributed by atoms with Gasteiger partial charge >= 0.3 is 320 Å². The molecule has 0 amide bonds. The molecule has 0 aliphatic heterocycles. The van der Waals surface area contributed by atoms with Crippen molar-refractivity contribution in [3.8, 4) is 22.3 Å². The molecule has 49 heavy (non-hydrogen) atoms. The summed E-state index contributed by atoms with van der Waals surface area (Å²) in [7, 11) is -2.27. The van der Waals surface area contributed by atoms with Gasteiger partial charge in [0, 0.05) is 0 Å². The van der Waals surface area contributed by atoms with Gasteiger partial charge in [-0.3, -0.25) is 0 Å². The minimum absolute atomic E-state index is 0.138. The van der Waals surface area contributed by atoms with Crippen molar-refractivity contribution in [2.24, 2.45) is 0 Å². The summed E-state index contributed by atoms with van der Waals surface area (Å²) >= 11 is 4.98. The van der Waals surface area contributed by atoms with Crippen LogP contribution in [0, 0.1) is 0 Å². The Kier molecular flexibility index (Phi) is 10.2. The van der Waals surface area contributed by atoms with Gasteiger partial charge < -0.3 is 0 Å². The van der Waals surface area contributed by atoms with Crippen LogP contribution >= 0.6 is 0 Å². The zero-order valence-electron chi connectivity index (χ0n) is 32.6. The minimum atomic E-state index is -2.27. The second-order valence-electron chi connectivity index (χ2n) is 17.6. The molecule has 0 N–H and O–H groups in total. The maximum absolute atomic E-state index is 2.70. The van der Waals surface area contributed by atoms with Crippen LogP contribution in [0.15, 0.2) is 96.1 Å². The Labute approximate surface area is 317 Å². The van der Waals surface area contributed by atoms with E-state index in [9.17, 15) is 0 Å². The number of allylic oxidation sites excluding steroid dienone is 2. The third kappa shape index (κ3) is 6.54. The average Bonchev–Trinajstić information content (AvgIpc) is 3.52. The summed E-state index contributed by atoms with van der Waals surface area (Å²) in [5.41, 5.74) is 18.2. The summed E-state index contributed by atoms with van der Waals surface area (Å²) in [6.45, 7) is 24.0. The molecule has 0 saturated carbocycles. The van der Waals surface area contributed by atoms with Crippen LogP contribution in [0.25, 0.3) is 32.6 Å². The molecule has 2 unspecified atom stereocenters. The molecule has 0 fully saturated rings. The molecule has 0 radical (unpaired) electrons. The number of benzene rings is 4. The Morgan fingerprint density at radius 1 is 0.531 bits per heavy atom. The van der Waals surface area contributed by atoms with Crippen LogP contribution in [-0.2, 0) is 10.8 Å². The predicted molar refractivity (Wildman–Crippen MR) is 219 cm³/mol. The van der Waals surface area contributed by atoms with E-state index in [1.165, 1.54) is 70.2 Å². The Morgan fingerprint density at radius 2 is 0.878 bits per heavy atom. The molecule has 0 aromatic heterocycles. The van der Waals surface area contributed by atoms with Crippen LogP contribution in [0.4, 0.5) is 0 Å². The molecule has 2 aliphatic rings. The van der Waals surface area contributed by atoms with Crippen LogP contribution in [0.1, 0.15) is 124 Å².